The van der Waals surface area contributed by atoms with Gasteiger partial charge in [-0.05, 0) is 49.9 Å². The summed E-state index contributed by atoms with van der Waals surface area (Å²) in [6.07, 6.45) is 1.71. The van der Waals surface area contributed by atoms with Gasteiger partial charge in [0.05, 0.1) is 5.69 Å². The summed E-state index contributed by atoms with van der Waals surface area (Å²) < 4.78 is 1.92. The van der Waals surface area contributed by atoms with Gasteiger partial charge in [0.25, 0.3) is 0 Å². The van der Waals surface area contributed by atoms with Gasteiger partial charge in [0, 0.05) is 23.8 Å². The number of nitrogens with zero attached hydrogens (tertiary/aromatic N) is 2. The van der Waals surface area contributed by atoms with Crippen molar-refractivity contribution in [1.82, 2.24) is 9.78 Å². The summed E-state index contributed by atoms with van der Waals surface area (Å²) in [6, 6.07) is 7.98. The fourth-order valence-corrected chi connectivity index (χ4v) is 2.50. The monoisotopic (exact) mass is 277 g/mol. The third-order valence-electron chi connectivity index (χ3n) is 3.54. The molecule has 0 spiro atoms. The molecular formula is C15H20ClN3. The lowest BCUT2D eigenvalue weighted by Gasteiger charge is -2.12. The predicted molar refractivity (Wildman–Crippen MR) is 79.5 cm³/mol. The van der Waals surface area contributed by atoms with E-state index in [0.717, 1.165) is 23.6 Å². The van der Waals surface area contributed by atoms with Gasteiger partial charge >= 0.3 is 0 Å². The number of benzene rings is 1. The van der Waals surface area contributed by atoms with E-state index in [1.807, 2.05) is 42.9 Å². The van der Waals surface area contributed by atoms with Gasteiger partial charge in [-0.15, -0.1) is 0 Å². The van der Waals surface area contributed by atoms with Gasteiger partial charge in [-0.3, -0.25) is 4.68 Å². The summed E-state index contributed by atoms with van der Waals surface area (Å²) in [4.78, 5) is 0. The molecule has 2 aromatic rings. The van der Waals surface area contributed by atoms with E-state index >= 15 is 0 Å². The van der Waals surface area contributed by atoms with Crippen LogP contribution < -0.4 is 5.73 Å². The Bertz CT molecular complexity index is 558. The molecule has 4 heteroatoms. The summed E-state index contributed by atoms with van der Waals surface area (Å²) in [5.74, 6) is 0. The Labute approximate surface area is 119 Å². The first kappa shape index (κ1) is 14.1. The van der Waals surface area contributed by atoms with E-state index in [1.54, 1.807) is 0 Å². The molecule has 0 fully saturated rings. The van der Waals surface area contributed by atoms with Crippen LogP contribution in [0.15, 0.2) is 24.3 Å². The van der Waals surface area contributed by atoms with Gasteiger partial charge in [0.1, 0.15) is 0 Å². The van der Waals surface area contributed by atoms with Crippen LogP contribution in [0.2, 0.25) is 5.02 Å². The van der Waals surface area contributed by atoms with Crippen molar-refractivity contribution in [2.45, 2.75) is 32.7 Å². The molecule has 0 saturated carbocycles. The van der Waals surface area contributed by atoms with Crippen LogP contribution in [-0.2, 0) is 19.9 Å². The highest BCUT2D eigenvalue weighted by Gasteiger charge is 2.13. The van der Waals surface area contributed by atoms with Crippen molar-refractivity contribution in [2.24, 2.45) is 12.8 Å². The van der Waals surface area contributed by atoms with Gasteiger partial charge in [-0.25, -0.2) is 0 Å². The van der Waals surface area contributed by atoms with Crippen molar-refractivity contribution in [3.05, 3.63) is 51.8 Å². The Morgan fingerprint density at radius 1 is 1.21 bits per heavy atom. The quantitative estimate of drug-likeness (QED) is 0.934. The Morgan fingerprint density at radius 3 is 2.37 bits per heavy atom. The van der Waals surface area contributed by atoms with Crippen LogP contribution in [0, 0.1) is 13.8 Å². The zero-order valence-corrected chi connectivity index (χ0v) is 12.4. The number of aromatic nitrogens is 2. The molecule has 102 valence electrons. The van der Waals surface area contributed by atoms with Crippen LogP contribution in [0.25, 0.3) is 0 Å². The molecule has 1 aromatic heterocycles. The van der Waals surface area contributed by atoms with E-state index in [9.17, 15) is 0 Å². The molecule has 2 N–H and O–H groups in total. The summed E-state index contributed by atoms with van der Waals surface area (Å²) in [6.45, 7) is 4.13. The molecule has 0 aliphatic heterocycles. The second-order valence-corrected chi connectivity index (χ2v) is 5.50. The number of hydrogen-bond donors (Lipinski definition) is 1. The molecule has 3 nitrogen and oxygen atoms in total. The minimum absolute atomic E-state index is 0.0998. The largest absolute Gasteiger partial charge is 0.327 e. The van der Waals surface area contributed by atoms with Crippen molar-refractivity contribution in [2.75, 3.05) is 0 Å². The molecule has 0 aliphatic rings. The van der Waals surface area contributed by atoms with Gasteiger partial charge < -0.3 is 5.73 Å². The molecular weight excluding hydrogens is 258 g/mol. The van der Waals surface area contributed by atoms with Crippen molar-refractivity contribution in [3.8, 4) is 0 Å². The Balaban J connectivity index is 2.05. The first-order valence-corrected chi connectivity index (χ1v) is 6.84. The highest BCUT2D eigenvalue weighted by Crippen LogP contribution is 2.16. The smallest absolute Gasteiger partial charge is 0.0628 e. The fourth-order valence-electron chi connectivity index (χ4n) is 2.37. The van der Waals surface area contributed by atoms with Crippen molar-refractivity contribution in [1.29, 1.82) is 0 Å². The van der Waals surface area contributed by atoms with Gasteiger partial charge in [0.2, 0.25) is 0 Å². The van der Waals surface area contributed by atoms with E-state index in [0.29, 0.717) is 0 Å². The average molecular weight is 278 g/mol. The molecule has 1 unspecified atom stereocenters. The normalized spacial score (nSPS) is 12.7. The Hall–Kier alpha value is -1.32. The number of aryl methyl sites for hydroxylation is 2. The molecule has 1 heterocycles. The van der Waals surface area contributed by atoms with Crippen molar-refractivity contribution < 1.29 is 0 Å². The van der Waals surface area contributed by atoms with Crippen LogP contribution in [0.3, 0.4) is 0 Å². The average Bonchev–Trinajstić information content (AvgIpc) is 2.59. The summed E-state index contributed by atoms with van der Waals surface area (Å²) in [7, 11) is 1.97. The third-order valence-corrected chi connectivity index (χ3v) is 3.79. The van der Waals surface area contributed by atoms with Crippen molar-refractivity contribution >= 4 is 11.6 Å². The molecule has 0 aliphatic carbocycles. The van der Waals surface area contributed by atoms with Crippen molar-refractivity contribution in [3.63, 3.8) is 0 Å². The van der Waals surface area contributed by atoms with Gasteiger partial charge in [-0.2, -0.15) is 5.10 Å². The molecule has 0 saturated heterocycles. The highest BCUT2D eigenvalue weighted by atomic mass is 35.5. The van der Waals surface area contributed by atoms with Crippen LogP contribution in [0.1, 0.15) is 22.5 Å². The molecule has 1 aromatic carbocycles. The van der Waals surface area contributed by atoms with E-state index in [2.05, 4.69) is 12.0 Å². The first-order valence-electron chi connectivity index (χ1n) is 6.46. The second-order valence-electron chi connectivity index (χ2n) is 5.07. The molecule has 2 rings (SSSR count). The van der Waals surface area contributed by atoms with E-state index in [1.165, 1.54) is 16.8 Å². The lowest BCUT2D eigenvalue weighted by Crippen LogP contribution is -2.26. The summed E-state index contributed by atoms with van der Waals surface area (Å²) in [5.41, 5.74) is 11.0. The molecule has 0 bridgehead atoms. The topological polar surface area (TPSA) is 43.8 Å². The zero-order valence-electron chi connectivity index (χ0n) is 11.7. The molecule has 19 heavy (non-hydrogen) atoms. The number of hydrogen-bond acceptors (Lipinski definition) is 2. The van der Waals surface area contributed by atoms with Crippen LogP contribution in [0.5, 0.6) is 0 Å². The maximum absolute atomic E-state index is 6.25. The molecule has 0 amide bonds. The SMILES string of the molecule is Cc1nn(C)c(C)c1CC(N)Cc1ccc(Cl)cc1. The summed E-state index contributed by atoms with van der Waals surface area (Å²) in [5, 5.41) is 5.19. The highest BCUT2D eigenvalue weighted by molar-refractivity contribution is 6.30. The Morgan fingerprint density at radius 2 is 1.84 bits per heavy atom. The van der Waals surface area contributed by atoms with Gasteiger partial charge in [0.15, 0.2) is 0 Å². The van der Waals surface area contributed by atoms with Crippen LogP contribution >= 0.6 is 11.6 Å². The second kappa shape index (κ2) is 5.76. The Kier molecular flexibility index (Phi) is 4.27. The maximum atomic E-state index is 6.25. The lowest BCUT2D eigenvalue weighted by molar-refractivity contribution is 0.658. The summed E-state index contributed by atoms with van der Waals surface area (Å²) >= 11 is 5.88. The van der Waals surface area contributed by atoms with E-state index in [4.69, 9.17) is 17.3 Å². The number of rotatable bonds is 4. The minimum atomic E-state index is 0.0998. The number of halogens is 1. The standard InChI is InChI=1S/C15H20ClN3/c1-10-15(11(2)19(3)18-10)9-14(17)8-12-4-6-13(16)7-5-12/h4-7,14H,8-9,17H2,1-3H3. The lowest BCUT2D eigenvalue weighted by atomic mass is 9.99. The van der Waals surface area contributed by atoms with Gasteiger partial charge in [-0.1, -0.05) is 23.7 Å². The minimum Gasteiger partial charge on any atom is -0.327 e. The van der Waals surface area contributed by atoms with E-state index in [-0.39, 0.29) is 6.04 Å². The van der Waals surface area contributed by atoms with Crippen LogP contribution in [-0.4, -0.2) is 15.8 Å². The predicted octanol–water partition coefficient (Wildman–Crippen LogP) is 2.80. The first-order chi connectivity index (χ1) is 8.97. The van der Waals surface area contributed by atoms with E-state index < -0.39 is 0 Å². The van der Waals surface area contributed by atoms with Crippen LogP contribution in [0.4, 0.5) is 0 Å². The third kappa shape index (κ3) is 3.37. The molecule has 0 radical (unpaired) electrons. The maximum Gasteiger partial charge on any atom is 0.0628 e. The number of nitrogens with two attached hydrogens (primary N) is 1. The fraction of sp³-hybridized carbons (Fsp3) is 0.400. The zero-order chi connectivity index (χ0) is 14.0. The molecule has 1 atom stereocenters.